The SMILES string of the molecule is COC1C[C@@H]2CC[C@@H](C)[C@@](O)(O2)C(=O)C(=O)N2CCCC[C@H]2C(=O)OC([C@H](C)C[C@@H]2CC[C@@H](O)[C@H](OC)C2)CC(=O)[C@H](C)/C=C(\C)[C@@H](O)C(OC)C(=O)[C@H](C)C[C@H](C)C=C/C=C/C=C\1C. The summed E-state index contributed by atoms with van der Waals surface area (Å²) in [6, 6.07) is -1.14. The molecular weight excluding hydrogens is 835 g/mol. The van der Waals surface area contributed by atoms with Gasteiger partial charge < -0.3 is 43.9 Å². The average Bonchev–Trinajstić information content (AvgIpc) is 3.28. The van der Waals surface area contributed by atoms with E-state index in [2.05, 4.69) is 0 Å². The van der Waals surface area contributed by atoms with E-state index in [4.69, 9.17) is 23.7 Å². The quantitative estimate of drug-likeness (QED) is 0.156. The molecule has 4 rings (SSSR count). The zero-order chi connectivity index (χ0) is 48.2. The maximum Gasteiger partial charge on any atom is 0.329 e. The molecule has 0 aromatic carbocycles. The third kappa shape index (κ3) is 14.3. The van der Waals surface area contributed by atoms with E-state index in [1.54, 1.807) is 41.1 Å². The third-order valence-corrected chi connectivity index (χ3v) is 14.5. The number of hydrogen-bond donors (Lipinski definition) is 3. The van der Waals surface area contributed by atoms with Crippen LogP contribution in [-0.2, 0) is 47.7 Å². The van der Waals surface area contributed by atoms with Crippen molar-refractivity contribution in [3.63, 3.8) is 0 Å². The van der Waals surface area contributed by atoms with Crippen molar-refractivity contribution in [3.05, 3.63) is 47.6 Å². The number of aliphatic hydroxyl groups excluding tert-OH is 2. The van der Waals surface area contributed by atoms with Gasteiger partial charge in [-0.3, -0.25) is 19.2 Å². The van der Waals surface area contributed by atoms with Crippen LogP contribution in [0.4, 0.5) is 0 Å². The first kappa shape index (κ1) is 54.2. The number of ether oxygens (including phenoxy) is 5. The molecule has 14 nitrogen and oxygen atoms in total. The standard InChI is InChI=1S/C51H79NO13/c1-30-16-12-11-13-17-31(2)42(61-8)28-38-21-19-36(7)51(60,65-38)48(57)49(58)52-23-15-14-18-39(52)50(59)64-43(33(4)26-37-20-22-40(53)44(27-37)62-9)29-41(54)32(3)25-35(6)46(56)47(63-10)45(55)34(5)24-30/h11-13,16-17,25,30,32-34,36-40,42-44,46-47,53,56,60H,14-15,18-24,26-29H2,1-10H3/b13-11+,16-12?,31-17-,35-25+/t30-,32-,33-,34-,36-,37+,38+,39+,40-,42?,43?,44-,46-,47?,51-/m1/s1. The fourth-order valence-corrected chi connectivity index (χ4v) is 10.1. The molecule has 1 saturated carbocycles. The van der Waals surface area contributed by atoms with E-state index in [1.807, 2.05) is 58.1 Å². The van der Waals surface area contributed by atoms with Crippen LogP contribution in [0.1, 0.15) is 126 Å². The molecule has 15 atom stereocenters. The molecule has 3 unspecified atom stereocenters. The van der Waals surface area contributed by atoms with Crippen molar-refractivity contribution in [2.45, 2.75) is 180 Å². The van der Waals surface area contributed by atoms with E-state index < -0.39 is 83.9 Å². The molecule has 0 aromatic rings. The van der Waals surface area contributed by atoms with Crippen molar-refractivity contribution in [2.75, 3.05) is 27.9 Å². The van der Waals surface area contributed by atoms with Crippen molar-refractivity contribution in [1.82, 2.24) is 4.90 Å². The molecule has 4 aliphatic rings. The van der Waals surface area contributed by atoms with Gasteiger partial charge in [0.15, 0.2) is 5.78 Å². The van der Waals surface area contributed by atoms with Gasteiger partial charge in [-0.25, -0.2) is 4.79 Å². The predicted molar refractivity (Wildman–Crippen MR) is 245 cm³/mol. The van der Waals surface area contributed by atoms with Gasteiger partial charge in [0.25, 0.3) is 11.7 Å². The maximum absolute atomic E-state index is 14.4. The molecule has 3 N–H and O–H groups in total. The van der Waals surface area contributed by atoms with E-state index in [0.29, 0.717) is 63.4 Å². The fraction of sp³-hybridized carbons (Fsp3) is 0.745. The maximum atomic E-state index is 14.4. The molecule has 366 valence electrons. The lowest BCUT2D eigenvalue weighted by molar-refractivity contribution is -0.265. The first-order chi connectivity index (χ1) is 30.7. The van der Waals surface area contributed by atoms with Crippen LogP contribution in [0.5, 0.6) is 0 Å². The van der Waals surface area contributed by atoms with Crippen molar-refractivity contribution in [3.8, 4) is 0 Å². The number of cyclic esters (lactones) is 1. The Hall–Kier alpha value is -3.37. The Bertz CT molecular complexity index is 1760. The first-order valence-corrected chi connectivity index (χ1v) is 23.9. The van der Waals surface area contributed by atoms with E-state index in [1.165, 1.54) is 12.0 Å². The highest BCUT2D eigenvalue weighted by molar-refractivity contribution is 6.39. The minimum Gasteiger partial charge on any atom is -0.460 e. The van der Waals surface area contributed by atoms with E-state index in [0.717, 1.165) is 12.0 Å². The summed E-state index contributed by atoms with van der Waals surface area (Å²) < 4.78 is 29.4. The second kappa shape index (κ2) is 25.1. The summed E-state index contributed by atoms with van der Waals surface area (Å²) in [6.45, 7) is 12.7. The summed E-state index contributed by atoms with van der Waals surface area (Å²) in [6.07, 6.45) is 11.2. The molecule has 14 heteroatoms. The Balaban J connectivity index is 1.70. The number of hydrogen-bond acceptors (Lipinski definition) is 13. The van der Waals surface area contributed by atoms with E-state index >= 15 is 0 Å². The first-order valence-electron chi connectivity index (χ1n) is 23.9. The highest BCUT2D eigenvalue weighted by atomic mass is 16.6. The van der Waals surface area contributed by atoms with Crippen LogP contribution in [0.3, 0.4) is 0 Å². The molecule has 0 aromatic heterocycles. The monoisotopic (exact) mass is 914 g/mol. The number of allylic oxidation sites excluding steroid dienone is 6. The minimum atomic E-state index is -2.43. The second-order valence-electron chi connectivity index (χ2n) is 19.6. The average molecular weight is 914 g/mol. The topological polar surface area (TPSA) is 195 Å². The molecule has 0 spiro atoms. The Morgan fingerprint density at radius 1 is 0.846 bits per heavy atom. The highest BCUT2D eigenvalue weighted by Crippen LogP contribution is 2.38. The Morgan fingerprint density at radius 3 is 2.25 bits per heavy atom. The van der Waals surface area contributed by atoms with Gasteiger partial charge in [0.2, 0.25) is 5.79 Å². The summed E-state index contributed by atoms with van der Waals surface area (Å²) in [5.74, 6) is -7.96. The lowest BCUT2D eigenvalue weighted by Crippen LogP contribution is -2.61. The highest BCUT2D eigenvalue weighted by Gasteiger charge is 2.53. The van der Waals surface area contributed by atoms with Gasteiger partial charge in [-0.05, 0) is 107 Å². The number of aliphatic hydroxyl groups is 3. The number of carbonyl (C=O) groups is 5. The van der Waals surface area contributed by atoms with Crippen molar-refractivity contribution in [1.29, 1.82) is 0 Å². The van der Waals surface area contributed by atoms with E-state index in [-0.39, 0.29) is 54.8 Å². The smallest absolute Gasteiger partial charge is 0.329 e. The number of Topliss-reactive ketones (excluding diaryl/α,β-unsaturated/α-hetero) is 3. The van der Waals surface area contributed by atoms with Crippen LogP contribution < -0.4 is 0 Å². The van der Waals surface area contributed by atoms with Gasteiger partial charge in [-0.1, -0.05) is 71.1 Å². The summed E-state index contributed by atoms with van der Waals surface area (Å²) in [5.41, 5.74) is 1.27. The van der Waals surface area contributed by atoms with Crippen LogP contribution in [0, 0.1) is 35.5 Å². The number of methoxy groups -OCH3 is 3. The van der Waals surface area contributed by atoms with Gasteiger partial charge in [0.05, 0.1) is 24.4 Å². The van der Waals surface area contributed by atoms with Crippen LogP contribution in [0.25, 0.3) is 0 Å². The van der Waals surface area contributed by atoms with E-state index in [9.17, 15) is 39.3 Å². The largest absolute Gasteiger partial charge is 0.460 e. The van der Waals surface area contributed by atoms with Gasteiger partial charge in [0, 0.05) is 58.5 Å². The number of ketones is 3. The van der Waals surface area contributed by atoms with Gasteiger partial charge in [0.1, 0.15) is 30.1 Å². The molecule has 65 heavy (non-hydrogen) atoms. The Kier molecular flexibility index (Phi) is 21.0. The molecule has 3 heterocycles. The second-order valence-corrected chi connectivity index (χ2v) is 19.6. The molecule has 2 bridgehead atoms. The number of fused-ring (bicyclic) bond motifs is 3. The summed E-state index contributed by atoms with van der Waals surface area (Å²) >= 11 is 0. The number of amides is 1. The van der Waals surface area contributed by atoms with Gasteiger partial charge in [-0.15, -0.1) is 0 Å². The number of nitrogens with zero attached hydrogens (tertiary/aromatic N) is 1. The molecule has 1 amide bonds. The van der Waals surface area contributed by atoms with Crippen LogP contribution in [0.2, 0.25) is 0 Å². The van der Waals surface area contributed by atoms with Crippen LogP contribution in [-0.4, -0.2) is 132 Å². The van der Waals surface area contributed by atoms with Crippen molar-refractivity contribution < 1.29 is 63.0 Å². The van der Waals surface area contributed by atoms with Gasteiger partial charge in [-0.2, -0.15) is 0 Å². The lowest BCUT2D eigenvalue weighted by atomic mass is 9.78. The van der Waals surface area contributed by atoms with Crippen molar-refractivity contribution >= 4 is 29.2 Å². The lowest BCUT2D eigenvalue weighted by Gasteiger charge is -2.42. The molecule has 3 fully saturated rings. The molecule has 0 radical (unpaired) electrons. The molecule has 3 aliphatic heterocycles. The number of piperidine rings is 1. The Morgan fingerprint density at radius 2 is 1.57 bits per heavy atom. The zero-order valence-electron chi connectivity index (χ0n) is 40.6. The minimum absolute atomic E-state index is 0.0193. The van der Waals surface area contributed by atoms with Gasteiger partial charge >= 0.3 is 5.97 Å². The zero-order valence-corrected chi connectivity index (χ0v) is 40.6. The molecule has 2 saturated heterocycles. The summed E-state index contributed by atoms with van der Waals surface area (Å²) in [7, 11) is 4.52. The summed E-state index contributed by atoms with van der Waals surface area (Å²) in [5, 5.41) is 33.8. The van der Waals surface area contributed by atoms with Crippen molar-refractivity contribution in [2.24, 2.45) is 35.5 Å². The Labute approximate surface area is 387 Å². The number of carbonyl (C=O) groups excluding carboxylic acids is 5. The van der Waals surface area contributed by atoms with Crippen LogP contribution in [0.15, 0.2) is 47.6 Å². The van der Waals surface area contributed by atoms with Crippen LogP contribution >= 0.6 is 0 Å². The number of rotatable bonds is 6. The third-order valence-electron chi connectivity index (χ3n) is 14.5. The molecule has 1 aliphatic carbocycles. The fourth-order valence-electron chi connectivity index (χ4n) is 10.1. The predicted octanol–water partition coefficient (Wildman–Crippen LogP) is 6.18. The number of esters is 1. The normalized spacial score (nSPS) is 39.9. The molecular formula is C51H79NO13. The summed E-state index contributed by atoms with van der Waals surface area (Å²) in [4.78, 5) is 71.8.